The summed E-state index contributed by atoms with van der Waals surface area (Å²) < 4.78 is 0.940. The molecule has 0 atom stereocenters. The summed E-state index contributed by atoms with van der Waals surface area (Å²) in [6.07, 6.45) is 2.06. The molecule has 1 aromatic heterocycles. The molecule has 0 bridgehead atoms. The number of nitrogens with zero attached hydrogens (tertiary/aromatic N) is 2. The van der Waals surface area contributed by atoms with Crippen LogP contribution in [0, 0.1) is 0 Å². The van der Waals surface area contributed by atoms with Crippen LogP contribution in [0.25, 0.3) is 0 Å². The van der Waals surface area contributed by atoms with E-state index < -0.39 is 11.7 Å². The van der Waals surface area contributed by atoms with Gasteiger partial charge in [-0.15, -0.1) is 0 Å². The Hall–Kier alpha value is -1.59. The number of hydrogen-bond acceptors (Lipinski definition) is 3. The maximum atomic E-state index is 11.1. The molecule has 6 heteroatoms. The van der Waals surface area contributed by atoms with E-state index in [0.29, 0.717) is 11.7 Å². The van der Waals surface area contributed by atoms with E-state index in [0.717, 1.165) is 17.5 Å². The second-order valence-corrected chi connectivity index (χ2v) is 3.14. The molecule has 70 valence electrons. The predicted molar refractivity (Wildman–Crippen MR) is 42.5 cm³/mol. The molecule has 1 heterocycles. The summed E-state index contributed by atoms with van der Waals surface area (Å²) in [7, 11) is 0. The quantitative estimate of drug-likeness (QED) is 0.663. The number of carboxylic acids is 1. The van der Waals surface area contributed by atoms with Gasteiger partial charge < -0.3 is 5.11 Å². The van der Waals surface area contributed by atoms with Crippen molar-refractivity contribution in [1.29, 1.82) is 0 Å². The van der Waals surface area contributed by atoms with Crippen LogP contribution in [-0.4, -0.2) is 25.8 Å². The number of carbonyl (C=O) groups is 1. The van der Waals surface area contributed by atoms with Crippen molar-refractivity contribution in [3.8, 4) is 0 Å². The topological polar surface area (TPSA) is 88.0 Å². The van der Waals surface area contributed by atoms with E-state index in [4.69, 9.17) is 5.11 Å². The van der Waals surface area contributed by atoms with Crippen molar-refractivity contribution in [2.24, 2.45) is 0 Å². The Kier molecular flexibility index (Phi) is 1.68. The zero-order valence-electron chi connectivity index (χ0n) is 6.86. The van der Waals surface area contributed by atoms with Gasteiger partial charge >= 0.3 is 11.7 Å². The Morgan fingerprint density at radius 2 is 2.38 bits per heavy atom. The second kappa shape index (κ2) is 2.72. The van der Waals surface area contributed by atoms with Gasteiger partial charge in [-0.2, -0.15) is 5.10 Å². The van der Waals surface area contributed by atoms with E-state index in [1.165, 1.54) is 0 Å². The maximum Gasteiger partial charge on any atom is 0.343 e. The van der Waals surface area contributed by atoms with Gasteiger partial charge in [0, 0.05) is 5.92 Å². The summed E-state index contributed by atoms with van der Waals surface area (Å²) in [5.74, 6) is -0.107. The van der Waals surface area contributed by atoms with Crippen molar-refractivity contribution in [2.45, 2.75) is 25.3 Å². The summed E-state index contributed by atoms with van der Waals surface area (Å²) in [6, 6.07) is 0. The third-order valence-electron chi connectivity index (χ3n) is 1.95. The number of hydrogen-bond donors (Lipinski definition) is 2. The molecule has 2 rings (SSSR count). The Balaban J connectivity index is 2.24. The van der Waals surface area contributed by atoms with Crippen LogP contribution < -0.4 is 5.69 Å². The summed E-state index contributed by atoms with van der Waals surface area (Å²) >= 11 is 0. The average molecular weight is 183 g/mol. The number of aromatic amines is 1. The van der Waals surface area contributed by atoms with E-state index >= 15 is 0 Å². The van der Waals surface area contributed by atoms with E-state index in [2.05, 4.69) is 10.1 Å². The Labute approximate surface area is 73.2 Å². The highest BCUT2D eigenvalue weighted by Crippen LogP contribution is 2.37. The van der Waals surface area contributed by atoms with Crippen LogP contribution in [0.1, 0.15) is 24.6 Å². The van der Waals surface area contributed by atoms with Gasteiger partial charge in [0.05, 0.1) is 0 Å². The van der Waals surface area contributed by atoms with Crippen LogP contribution in [-0.2, 0) is 11.3 Å². The average Bonchev–Trinajstić information content (AvgIpc) is 2.79. The minimum absolute atomic E-state index is 0.336. The molecule has 0 radical (unpaired) electrons. The van der Waals surface area contributed by atoms with Crippen molar-refractivity contribution in [1.82, 2.24) is 14.8 Å². The molecule has 0 aromatic carbocycles. The van der Waals surface area contributed by atoms with Gasteiger partial charge in [-0.25, -0.2) is 9.48 Å². The first-order valence-corrected chi connectivity index (χ1v) is 4.05. The molecule has 0 amide bonds. The van der Waals surface area contributed by atoms with Gasteiger partial charge in [0.25, 0.3) is 0 Å². The lowest BCUT2D eigenvalue weighted by Gasteiger charge is -1.91. The molecule has 2 N–H and O–H groups in total. The number of carboxylic acid groups (broad SMARTS) is 1. The van der Waals surface area contributed by atoms with Gasteiger partial charge in [0.2, 0.25) is 0 Å². The zero-order valence-corrected chi connectivity index (χ0v) is 6.86. The summed E-state index contributed by atoms with van der Waals surface area (Å²) in [6.45, 7) is -0.373. The Bertz CT molecular complexity index is 388. The van der Waals surface area contributed by atoms with Gasteiger partial charge in [-0.3, -0.25) is 9.78 Å². The highest BCUT2D eigenvalue weighted by molar-refractivity contribution is 5.66. The maximum absolute atomic E-state index is 11.1. The molecule has 6 nitrogen and oxygen atoms in total. The predicted octanol–water partition coefficient (Wildman–Crippen LogP) is -0.467. The van der Waals surface area contributed by atoms with E-state index in [1.54, 1.807) is 0 Å². The normalized spacial score (nSPS) is 16.0. The largest absolute Gasteiger partial charge is 0.480 e. The SMILES string of the molecule is O=C(O)Cn1nc(C2CC2)[nH]c1=O. The molecule has 1 aliphatic carbocycles. The van der Waals surface area contributed by atoms with Gasteiger partial charge in [-0.1, -0.05) is 0 Å². The fraction of sp³-hybridized carbons (Fsp3) is 0.571. The highest BCUT2D eigenvalue weighted by Gasteiger charge is 2.27. The summed E-state index contributed by atoms with van der Waals surface area (Å²) in [5.41, 5.74) is -0.440. The molecule has 0 unspecified atom stereocenters. The zero-order chi connectivity index (χ0) is 9.42. The van der Waals surface area contributed by atoms with Crippen LogP contribution in [0.15, 0.2) is 4.79 Å². The van der Waals surface area contributed by atoms with E-state index in [1.807, 2.05) is 0 Å². The standard InChI is InChI=1S/C7H9N3O3/c11-5(12)3-10-7(13)8-6(9-10)4-1-2-4/h4H,1-3H2,(H,11,12)(H,8,9,13). The summed E-state index contributed by atoms with van der Waals surface area (Å²) in [4.78, 5) is 23.9. The molecule has 0 saturated heterocycles. The number of nitrogens with one attached hydrogen (secondary N) is 1. The molecule has 1 fully saturated rings. The third-order valence-corrected chi connectivity index (χ3v) is 1.95. The minimum Gasteiger partial charge on any atom is -0.480 e. The lowest BCUT2D eigenvalue weighted by atomic mass is 10.4. The number of rotatable bonds is 3. The van der Waals surface area contributed by atoms with Crippen LogP contribution in [0.3, 0.4) is 0 Å². The molecule has 0 spiro atoms. The summed E-state index contributed by atoms with van der Waals surface area (Å²) in [5, 5.41) is 12.3. The molecule has 1 aromatic rings. The van der Waals surface area contributed by atoms with Crippen molar-refractivity contribution >= 4 is 5.97 Å². The first-order valence-electron chi connectivity index (χ1n) is 4.05. The Morgan fingerprint density at radius 1 is 1.69 bits per heavy atom. The second-order valence-electron chi connectivity index (χ2n) is 3.14. The highest BCUT2D eigenvalue weighted by atomic mass is 16.4. The fourth-order valence-electron chi connectivity index (χ4n) is 1.15. The minimum atomic E-state index is -1.06. The van der Waals surface area contributed by atoms with Crippen molar-refractivity contribution in [3.05, 3.63) is 16.3 Å². The molecular formula is C7H9N3O3. The monoisotopic (exact) mass is 183 g/mol. The van der Waals surface area contributed by atoms with Crippen LogP contribution in [0.4, 0.5) is 0 Å². The first-order chi connectivity index (χ1) is 6.16. The smallest absolute Gasteiger partial charge is 0.343 e. The number of H-pyrrole nitrogens is 1. The third kappa shape index (κ3) is 1.61. The molecule has 0 aliphatic heterocycles. The van der Waals surface area contributed by atoms with Gasteiger partial charge in [-0.05, 0) is 12.8 Å². The fourth-order valence-corrected chi connectivity index (χ4v) is 1.15. The lowest BCUT2D eigenvalue weighted by Crippen LogP contribution is -2.22. The molecule has 1 aliphatic rings. The van der Waals surface area contributed by atoms with E-state index in [9.17, 15) is 9.59 Å². The molecular weight excluding hydrogens is 174 g/mol. The Morgan fingerprint density at radius 3 is 2.92 bits per heavy atom. The lowest BCUT2D eigenvalue weighted by molar-refractivity contribution is -0.137. The van der Waals surface area contributed by atoms with E-state index in [-0.39, 0.29) is 6.54 Å². The van der Waals surface area contributed by atoms with Gasteiger partial charge in [0.1, 0.15) is 12.4 Å². The van der Waals surface area contributed by atoms with Crippen LogP contribution in [0.2, 0.25) is 0 Å². The molecule has 1 saturated carbocycles. The van der Waals surface area contributed by atoms with Crippen molar-refractivity contribution in [2.75, 3.05) is 0 Å². The van der Waals surface area contributed by atoms with Crippen molar-refractivity contribution in [3.63, 3.8) is 0 Å². The van der Waals surface area contributed by atoms with Crippen LogP contribution >= 0.6 is 0 Å². The molecule has 13 heavy (non-hydrogen) atoms. The number of aromatic nitrogens is 3. The van der Waals surface area contributed by atoms with Crippen molar-refractivity contribution < 1.29 is 9.90 Å². The van der Waals surface area contributed by atoms with Gasteiger partial charge in [0.15, 0.2) is 0 Å². The van der Waals surface area contributed by atoms with Crippen LogP contribution in [0.5, 0.6) is 0 Å². The first kappa shape index (κ1) is 8.03. The number of aliphatic carboxylic acids is 1.